The molecule has 7 nitrogen and oxygen atoms in total. The van der Waals surface area contributed by atoms with Gasteiger partial charge < -0.3 is 19.9 Å². The Kier molecular flexibility index (Phi) is 5.57. The third-order valence-electron chi connectivity index (χ3n) is 2.77. The summed E-state index contributed by atoms with van der Waals surface area (Å²) in [6.07, 6.45) is 0. The van der Waals surface area contributed by atoms with Crippen LogP contribution in [0.25, 0.3) is 0 Å². The smallest absolute Gasteiger partial charge is 0.274 e. The molecule has 0 aromatic carbocycles. The van der Waals surface area contributed by atoms with E-state index in [1.165, 1.54) is 13.0 Å². The lowest BCUT2D eigenvalue weighted by Crippen LogP contribution is -2.51. The first-order valence-corrected chi connectivity index (χ1v) is 8.09. The number of furan rings is 1. The zero-order chi connectivity index (χ0) is 16.3. The fourth-order valence-corrected chi connectivity index (χ4v) is 2.78. The highest BCUT2D eigenvalue weighted by Gasteiger charge is 2.31. The van der Waals surface area contributed by atoms with Crippen molar-refractivity contribution in [3.63, 3.8) is 0 Å². The molecule has 4 N–H and O–H groups in total. The average Bonchev–Trinajstić information content (AvgIpc) is 2.84. The van der Waals surface area contributed by atoms with Crippen LogP contribution in [0.5, 0.6) is 0 Å². The molecule has 0 bridgehead atoms. The molecule has 0 fully saturated rings. The van der Waals surface area contributed by atoms with Crippen molar-refractivity contribution < 1.29 is 23.0 Å². The van der Waals surface area contributed by atoms with Gasteiger partial charge in [0.2, 0.25) is 5.09 Å². The summed E-state index contributed by atoms with van der Waals surface area (Å²) in [6, 6.07) is 2.92. The molecule has 1 rings (SSSR count). The summed E-state index contributed by atoms with van der Waals surface area (Å²) in [5.41, 5.74) is -1.45. The molecule has 1 heterocycles. The Morgan fingerprint density at radius 3 is 2.19 bits per heavy atom. The predicted molar refractivity (Wildman–Crippen MR) is 78.2 cm³/mol. The van der Waals surface area contributed by atoms with Crippen LogP contribution >= 0.6 is 0 Å². The van der Waals surface area contributed by atoms with Crippen molar-refractivity contribution in [2.45, 2.75) is 50.4 Å². The summed E-state index contributed by atoms with van der Waals surface area (Å²) in [5.74, 6) is 0.486. The van der Waals surface area contributed by atoms with Gasteiger partial charge in [0.15, 0.2) is 0 Å². The number of hydrogen-bond acceptors (Lipinski definition) is 6. The molecule has 0 aliphatic heterocycles. The lowest BCUT2D eigenvalue weighted by atomic mass is 10.1. The van der Waals surface area contributed by atoms with Crippen molar-refractivity contribution in [2.75, 3.05) is 13.2 Å². The largest absolute Gasteiger partial charge is 0.447 e. The van der Waals surface area contributed by atoms with E-state index in [1.54, 1.807) is 6.07 Å². The molecule has 0 amide bonds. The van der Waals surface area contributed by atoms with E-state index < -0.39 is 28.8 Å². The van der Waals surface area contributed by atoms with Gasteiger partial charge in [-0.1, -0.05) is 0 Å². The van der Waals surface area contributed by atoms with Crippen LogP contribution in [0, 0.1) is 0 Å². The van der Waals surface area contributed by atoms with Crippen molar-refractivity contribution >= 4 is 10.0 Å². The van der Waals surface area contributed by atoms with Crippen LogP contribution in [0.2, 0.25) is 0 Å². The fourth-order valence-electron chi connectivity index (χ4n) is 1.44. The predicted octanol–water partition coefficient (Wildman–Crippen LogP) is 0.189. The normalized spacial score (nSPS) is 13.6. The molecule has 0 aliphatic carbocycles. The zero-order valence-electron chi connectivity index (χ0n) is 12.8. The Bertz CT molecular complexity index is 555. The summed E-state index contributed by atoms with van der Waals surface area (Å²) >= 11 is 0. The van der Waals surface area contributed by atoms with E-state index in [0.29, 0.717) is 12.3 Å². The van der Waals surface area contributed by atoms with Crippen LogP contribution in [0.4, 0.5) is 0 Å². The van der Waals surface area contributed by atoms with E-state index in [4.69, 9.17) is 14.6 Å². The number of aliphatic hydroxyl groups excluding tert-OH is 2. The van der Waals surface area contributed by atoms with Crippen LogP contribution < -0.4 is 10.0 Å². The van der Waals surface area contributed by atoms with E-state index in [0.717, 1.165) is 0 Å². The maximum Gasteiger partial charge on any atom is 0.274 e. The van der Waals surface area contributed by atoms with Crippen LogP contribution in [0.3, 0.4) is 0 Å². The van der Waals surface area contributed by atoms with Gasteiger partial charge in [0.1, 0.15) is 5.76 Å². The van der Waals surface area contributed by atoms with Crippen molar-refractivity contribution in [1.82, 2.24) is 10.0 Å². The number of rotatable bonds is 7. The van der Waals surface area contributed by atoms with Gasteiger partial charge in [-0.15, -0.1) is 0 Å². The molecule has 0 saturated heterocycles. The van der Waals surface area contributed by atoms with Gasteiger partial charge in [-0.05, 0) is 39.8 Å². The molecular formula is C13H24N2O5S. The minimum Gasteiger partial charge on any atom is -0.447 e. The quantitative estimate of drug-likeness (QED) is 0.570. The Morgan fingerprint density at radius 2 is 1.71 bits per heavy atom. The van der Waals surface area contributed by atoms with Gasteiger partial charge in [0.25, 0.3) is 10.0 Å². The number of hydrogen-bond donors (Lipinski definition) is 4. The number of aliphatic hydroxyl groups is 2. The average molecular weight is 320 g/mol. The van der Waals surface area contributed by atoms with E-state index in [1.807, 2.05) is 20.8 Å². The summed E-state index contributed by atoms with van der Waals surface area (Å²) in [5, 5.41) is 21.2. The van der Waals surface area contributed by atoms with Gasteiger partial charge in [0, 0.05) is 5.54 Å². The second kappa shape index (κ2) is 6.45. The van der Waals surface area contributed by atoms with Gasteiger partial charge in [-0.2, -0.15) is 4.72 Å². The monoisotopic (exact) mass is 320 g/mol. The molecule has 1 aromatic heterocycles. The Hall–Kier alpha value is -0.930. The highest BCUT2D eigenvalue weighted by molar-refractivity contribution is 7.89. The fraction of sp³-hybridized carbons (Fsp3) is 0.692. The highest BCUT2D eigenvalue weighted by atomic mass is 32.2. The highest BCUT2D eigenvalue weighted by Crippen LogP contribution is 2.17. The molecule has 122 valence electrons. The molecule has 0 radical (unpaired) electrons. The molecule has 0 atom stereocenters. The zero-order valence-corrected chi connectivity index (χ0v) is 13.6. The first-order valence-electron chi connectivity index (χ1n) is 6.61. The maximum absolute atomic E-state index is 12.1. The second-order valence-corrected chi connectivity index (χ2v) is 7.92. The topological polar surface area (TPSA) is 112 Å². The molecule has 0 unspecified atom stereocenters. The van der Waals surface area contributed by atoms with Gasteiger partial charge in [0.05, 0.1) is 25.3 Å². The molecule has 0 spiro atoms. The molecule has 8 heteroatoms. The van der Waals surface area contributed by atoms with Crippen molar-refractivity contribution in [2.24, 2.45) is 0 Å². The minimum atomic E-state index is -3.94. The third kappa shape index (κ3) is 5.40. The lowest BCUT2D eigenvalue weighted by molar-refractivity contribution is 0.121. The summed E-state index contributed by atoms with van der Waals surface area (Å²) in [6.45, 7) is 6.71. The summed E-state index contributed by atoms with van der Waals surface area (Å²) in [4.78, 5) is 0. The maximum atomic E-state index is 12.1. The van der Waals surface area contributed by atoms with E-state index in [9.17, 15) is 8.42 Å². The molecule has 21 heavy (non-hydrogen) atoms. The Labute approximate surface area is 125 Å². The first kappa shape index (κ1) is 18.1. The molecule has 0 aliphatic rings. The van der Waals surface area contributed by atoms with E-state index in [2.05, 4.69) is 10.0 Å². The molecule has 0 saturated carbocycles. The SMILES string of the molecule is CC(C)(C)NCc1ccc(S(=O)(=O)NC(C)(CO)CO)o1. The van der Waals surface area contributed by atoms with Crippen LogP contribution in [-0.2, 0) is 16.6 Å². The number of sulfonamides is 1. The van der Waals surface area contributed by atoms with Gasteiger partial charge in [-0.3, -0.25) is 0 Å². The van der Waals surface area contributed by atoms with Gasteiger partial charge in [-0.25, -0.2) is 8.42 Å². The van der Waals surface area contributed by atoms with Crippen molar-refractivity contribution in [1.29, 1.82) is 0 Å². The van der Waals surface area contributed by atoms with Crippen LogP contribution in [-0.4, -0.2) is 42.9 Å². The van der Waals surface area contributed by atoms with Crippen LogP contribution in [0.1, 0.15) is 33.5 Å². The summed E-state index contributed by atoms with van der Waals surface area (Å²) < 4.78 is 31.8. The standard InChI is InChI=1S/C13H24N2O5S/c1-12(2,3)14-7-10-5-6-11(20-10)21(18,19)15-13(4,8-16)9-17/h5-6,14-17H,7-9H2,1-4H3. The molecule has 1 aromatic rings. The Morgan fingerprint density at radius 1 is 1.14 bits per heavy atom. The molecular weight excluding hydrogens is 296 g/mol. The summed E-state index contributed by atoms with van der Waals surface area (Å²) in [7, 11) is -3.94. The minimum absolute atomic E-state index is 0.115. The van der Waals surface area contributed by atoms with E-state index in [-0.39, 0.29) is 10.6 Å². The van der Waals surface area contributed by atoms with Crippen molar-refractivity contribution in [3.05, 3.63) is 17.9 Å². The van der Waals surface area contributed by atoms with Crippen molar-refractivity contribution in [3.8, 4) is 0 Å². The van der Waals surface area contributed by atoms with E-state index >= 15 is 0 Å². The third-order valence-corrected chi connectivity index (χ3v) is 4.28. The number of nitrogens with one attached hydrogen (secondary N) is 2. The van der Waals surface area contributed by atoms with Crippen LogP contribution in [0.15, 0.2) is 21.6 Å². The first-order chi connectivity index (χ1) is 9.51. The van der Waals surface area contributed by atoms with Gasteiger partial charge >= 0.3 is 0 Å². The second-order valence-electron chi connectivity index (χ2n) is 6.31. The lowest BCUT2D eigenvalue weighted by Gasteiger charge is -2.24. The Balaban J connectivity index is 2.84.